The monoisotopic (exact) mass is 269 g/mol. The first-order valence-electron chi connectivity index (χ1n) is 5.15. The Kier molecular flexibility index (Phi) is 2.45. The second kappa shape index (κ2) is 3.85. The molecule has 6 heteroatoms. The Morgan fingerprint density at radius 2 is 2.29 bits per heavy atom. The molecule has 17 heavy (non-hydrogen) atoms. The number of furan rings is 1. The van der Waals surface area contributed by atoms with Gasteiger partial charge in [0, 0.05) is 18.1 Å². The van der Waals surface area contributed by atoms with Crippen LogP contribution in [0.15, 0.2) is 16.7 Å². The number of carbonyl (C=O) groups is 2. The molecule has 1 atom stereocenters. The highest BCUT2D eigenvalue weighted by molar-refractivity contribution is 7.22. The van der Waals surface area contributed by atoms with Crippen LogP contribution < -0.4 is 5.32 Å². The minimum absolute atomic E-state index is 0.213. The van der Waals surface area contributed by atoms with Gasteiger partial charge in [-0.3, -0.25) is 14.9 Å². The number of halogens is 1. The van der Waals surface area contributed by atoms with Gasteiger partial charge in [0.1, 0.15) is 5.58 Å². The van der Waals surface area contributed by atoms with Gasteiger partial charge in [-0.1, -0.05) is 11.6 Å². The summed E-state index contributed by atoms with van der Waals surface area (Å²) in [5.74, 6) is -0.785. The summed E-state index contributed by atoms with van der Waals surface area (Å²) in [7, 11) is 0. The summed E-state index contributed by atoms with van der Waals surface area (Å²) < 4.78 is 6.88. The van der Waals surface area contributed by atoms with Crippen LogP contribution in [-0.4, -0.2) is 11.8 Å². The highest BCUT2D eigenvalue weighted by Gasteiger charge is 2.30. The third-order valence-electron chi connectivity index (χ3n) is 2.86. The molecule has 0 saturated carbocycles. The normalized spacial score (nSPS) is 20.9. The van der Waals surface area contributed by atoms with Crippen molar-refractivity contribution in [3.63, 3.8) is 0 Å². The van der Waals surface area contributed by atoms with Crippen LogP contribution in [0.5, 0.6) is 0 Å². The average Bonchev–Trinajstić information content (AvgIpc) is 2.78. The van der Waals surface area contributed by atoms with Gasteiger partial charge in [0.25, 0.3) is 0 Å². The fourth-order valence-electron chi connectivity index (χ4n) is 2.05. The largest absolute Gasteiger partial charge is 0.463 e. The number of piperidine rings is 1. The summed E-state index contributed by atoms with van der Waals surface area (Å²) in [6.45, 7) is 0. The average molecular weight is 270 g/mol. The lowest BCUT2D eigenvalue weighted by molar-refractivity contribution is -0.134. The zero-order valence-corrected chi connectivity index (χ0v) is 10.2. The lowest BCUT2D eigenvalue weighted by Gasteiger charge is -2.19. The summed E-state index contributed by atoms with van der Waals surface area (Å²) in [5, 5.41) is 2.34. The minimum Gasteiger partial charge on any atom is -0.463 e. The summed E-state index contributed by atoms with van der Waals surface area (Å²) in [6, 6.07) is 1.73. The number of fused-ring (bicyclic) bond motifs is 1. The Balaban J connectivity index is 2.03. The van der Waals surface area contributed by atoms with Crippen LogP contribution in [-0.2, 0) is 9.59 Å². The molecule has 2 aromatic heterocycles. The molecule has 88 valence electrons. The van der Waals surface area contributed by atoms with Gasteiger partial charge in [-0.25, -0.2) is 0 Å². The van der Waals surface area contributed by atoms with E-state index in [0.29, 0.717) is 22.8 Å². The first kappa shape index (κ1) is 10.8. The molecule has 2 aromatic rings. The van der Waals surface area contributed by atoms with E-state index in [2.05, 4.69) is 5.32 Å². The molecular weight excluding hydrogens is 262 g/mol. The number of rotatable bonds is 1. The van der Waals surface area contributed by atoms with E-state index in [1.54, 1.807) is 12.3 Å². The SMILES string of the molecule is O=C1CCC(c2coc3cc(Cl)sc23)C(=O)N1. The number of hydrogen-bond donors (Lipinski definition) is 1. The third-order valence-corrected chi connectivity index (χ3v) is 4.15. The Morgan fingerprint density at radius 3 is 3.06 bits per heavy atom. The molecule has 0 spiro atoms. The van der Waals surface area contributed by atoms with Gasteiger partial charge in [0.15, 0.2) is 0 Å². The lowest BCUT2D eigenvalue weighted by Crippen LogP contribution is -2.39. The van der Waals surface area contributed by atoms with E-state index in [0.717, 1.165) is 10.3 Å². The third kappa shape index (κ3) is 1.75. The molecule has 0 aromatic carbocycles. The van der Waals surface area contributed by atoms with E-state index in [-0.39, 0.29) is 17.7 Å². The molecule has 1 aliphatic rings. The molecule has 0 radical (unpaired) electrons. The fourth-order valence-corrected chi connectivity index (χ4v) is 3.25. The molecule has 4 nitrogen and oxygen atoms in total. The summed E-state index contributed by atoms with van der Waals surface area (Å²) in [5.41, 5.74) is 1.52. The molecule has 1 N–H and O–H groups in total. The van der Waals surface area contributed by atoms with Gasteiger partial charge in [-0.05, 0) is 6.42 Å². The second-order valence-corrected chi connectivity index (χ2v) is 5.62. The molecule has 1 saturated heterocycles. The van der Waals surface area contributed by atoms with Crippen LogP contribution in [0.2, 0.25) is 4.34 Å². The molecule has 3 heterocycles. The topological polar surface area (TPSA) is 59.3 Å². The Labute approximate surface area is 106 Å². The smallest absolute Gasteiger partial charge is 0.234 e. The molecule has 1 fully saturated rings. The molecule has 0 bridgehead atoms. The predicted molar refractivity (Wildman–Crippen MR) is 64.2 cm³/mol. The van der Waals surface area contributed by atoms with E-state index in [9.17, 15) is 9.59 Å². The van der Waals surface area contributed by atoms with Crippen molar-refractivity contribution in [1.29, 1.82) is 0 Å². The van der Waals surface area contributed by atoms with E-state index in [1.165, 1.54) is 11.3 Å². The highest BCUT2D eigenvalue weighted by atomic mass is 35.5. The summed E-state index contributed by atoms with van der Waals surface area (Å²) in [4.78, 5) is 22.8. The number of amides is 2. The molecular formula is C11H8ClNO3S. The lowest BCUT2D eigenvalue weighted by atomic mass is 9.92. The minimum atomic E-state index is -0.316. The van der Waals surface area contributed by atoms with Crippen LogP contribution in [0.25, 0.3) is 10.3 Å². The number of imide groups is 1. The number of hydrogen-bond acceptors (Lipinski definition) is 4. The maximum atomic E-state index is 11.8. The molecule has 2 amide bonds. The van der Waals surface area contributed by atoms with Crippen LogP contribution in [0.4, 0.5) is 0 Å². The van der Waals surface area contributed by atoms with Gasteiger partial charge >= 0.3 is 0 Å². The van der Waals surface area contributed by atoms with E-state index < -0.39 is 0 Å². The van der Waals surface area contributed by atoms with Crippen molar-refractivity contribution in [1.82, 2.24) is 5.32 Å². The van der Waals surface area contributed by atoms with Crippen LogP contribution in [0.3, 0.4) is 0 Å². The van der Waals surface area contributed by atoms with Gasteiger partial charge in [0.05, 0.1) is 21.2 Å². The van der Waals surface area contributed by atoms with Crippen LogP contribution in [0.1, 0.15) is 24.3 Å². The maximum Gasteiger partial charge on any atom is 0.234 e. The van der Waals surface area contributed by atoms with Crippen molar-refractivity contribution >= 4 is 45.0 Å². The van der Waals surface area contributed by atoms with E-state index in [4.69, 9.17) is 16.0 Å². The highest BCUT2D eigenvalue weighted by Crippen LogP contribution is 2.38. The zero-order valence-electron chi connectivity index (χ0n) is 8.66. The zero-order chi connectivity index (χ0) is 12.0. The van der Waals surface area contributed by atoms with E-state index in [1.807, 2.05) is 0 Å². The van der Waals surface area contributed by atoms with Gasteiger partial charge in [-0.15, -0.1) is 11.3 Å². The maximum absolute atomic E-state index is 11.8. The molecule has 1 aliphatic heterocycles. The molecule has 0 aliphatic carbocycles. The molecule has 1 unspecified atom stereocenters. The van der Waals surface area contributed by atoms with Crippen LogP contribution >= 0.6 is 22.9 Å². The molecule has 3 rings (SSSR count). The van der Waals surface area contributed by atoms with Gasteiger partial charge < -0.3 is 4.42 Å². The predicted octanol–water partition coefficient (Wildman–Crippen LogP) is 2.67. The number of carbonyl (C=O) groups excluding carboxylic acids is 2. The van der Waals surface area contributed by atoms with Crippen molar-refractivity contribution in [2.45, 2.75) is 18.8 Å². The van der Waals surface area contributed by atoms with Gasteiger partial charge in [-0.2, -0.15) is 0 Å². The second-order valence-electron chi connectivity index (χ2n) is 3.94. The Bertz CT molecular complexity index is 615. The fraction of sp³-hybridized carbons (Fsp3) is 0.273. The standard InChI is InChI=1S/C11H8ClNO3S/c12-8-3-7-10(17-8)6(4-16-7)5-1-2-9(14)13-11(5)15/h3-5H,1-2H2,(H,13,14,15). The number of nitrogens with one attached hydrogen (secondary N) is 1. The van der Waals surface area contributed by atoms with Crippen molar-refractivity contribution < 1.29 is 14.0 Å². The first-order valence-corrected chi connectivity index (χ1v) is 6.34. The van der Waals surface area contributed by atoms with E-state index >= 15 is 0 Å². The Morgan fingerprint density at radius 1 is 1.47 bits per heavy atom. The van der Waals surface area contributed by atoms with Crippen molar-refractivity contribution in [2.75, 3.05) is 0 Å². The van der Waals surface area contributed by atoms with Gasteiger partial charge in [0.2, 0.25) is 11.8 Å². The van der Waals surface area contributed by atoms with Crippen molar-refractivity contribution in [2.24, 2.45) is 0 Å². The summed E-state index contributed by atoms with van der Waals surface area (Å²) in [6.07, 6.45) is 2.47. The van der Waals surface area contributed by atoms with Crippen molar-refractivity contribution in [3.05, 3.63) is 22.2 Å². The quantitative estimate of drug-likeness (QED) is 0.810. The van der Waals surface area contributed by atoms with Crippen LogP contribution in [0, 0.1) is 0 Å². The number of thiophene rings is 1. The van der Waals surface area contributed by atoms with Crippen molar-refractivity contribution in [3.8, 4) is 0 Å². The Hall–Kier alpha value is -1.33. The summed E-state index contributed by atoms with van der Waals surface area (Å²) >= 11 is 7.29. The first-order chi connectivity index (χ1) is 8.15.